The first-order valence-corrected chi connectivity index (χ1v) is 6.60. The second kappa shape index (κ2) is 5.76. The van der Waals surface area contributed by atoms with Gasteiger partial charge in [-0.1, -0.05) is 0 Å². The molecule has 3 aromatic rings. The molecule has 0 fully saturated rings. The predicted octanol–water partition coefficient (Wildman–Crippen LogP) is 1.33. The van der Waals surface area contributed by atoms with Crippen molar-refractivity contribution in [3.8, 4) is 22.7 Å². The van der Waals surface area contributed by atoms with Gasteiger partial charge in [0.2, 0.25) is 5.88 Å². The van der Waals surface area contributed by atoms with E-state index in [-0.39, 0.29) is 16.8 Å². The van der Waals surface area contributed by atoms with Crippen molar-refractivity contribution in [1.82, 2.24) is 19.7 Å². The lowest BCUT2D eigenvalue weighted by atomic mass is 10.1. The molecule has 0 atom stereocenters. The standard InChI is InChI=1S/C15H12N4O4/c1-23-13-6-9(2-5-17-13)10-8-18-19(14(10)20)12-3-4-16-7-11(12)15(21)22/h2-8,18H,1H3,(H,21,22). The number of carboxylic acid groups (broad SMARTS) is 1. The number of nitrogens with zero attached hydrogens (tertiary/aromatic N) is 3. The number of ether oxygens (including phenoxy) is 1. The first kappa shape index (κ1) is 14.5. The van der Waals surface area contributed by atoms with Gasteiger partial charge in [0.05, 0.1) is 18.4 Å². The van der Waals surface area contributed by atoms with Crippen LogP contribution in [0, 0.1) is 0 Å². The minimum atomic E-state index is -1.17. The molecule has 8 nitrogen and oxygen atoms in total. The number of methoxy groups -OCH3 is 1. The average molecular weight is 312 g/mol. The van der Waals surface area contributed by atoms with Crippen LogP contribution in [0.25, 0.3) is 16.8 Å². The van der Waals surface area contributed by atoms with Gasteiger partial charge in [0, 0.05) is 30.9 Å². The summed E-state index contributed by atoms with van der Waals surface area (Å²) in [6.45, 7) is 0. The Hall–Kier alpha value is -3.42. The first-order chi connectivity index (χ1) is 11.1. The number of rotatable bonds is 4. The first-order valence-electron chi connectivity index (χ1n) is 6.60. The number of aromatic carboxylic acids is 1. The number of H-pyrrole nitrogens is 1. The fraction of sp³-hybridized carbons (Fsp3) is 0.0667. The maximum atomic E-state index is 12.6. The van der Waals surface area contributed by atoms with E-state index in [2.05, 4.69) is 15.1 Å². The van der Waals surface area contributed by atoms with Gasteiger partial charge in [0.1, 0.15) is 5.56 Å². The Morgan fingerprint density at radius 1 is 1.35 bits per heavy atom. The summed E-state index contributed by atoms with van der Waals surface area (Å²) >= 11 is 0. The molecule has 0 amide bonds. The molecule has 3 heterocycles. The number of carbonyl (C=O) groups is 1. The van der Waals surface area contributed by atoms with Crippen LogP contribution in [0.4, 0.5) is 0 Å². The molecule has 0 aliphatic heterocycles. The van der Waals surface area contributed by atoms with Gasteiger partial charge in [-0.15, -0.1) is 0 Å². The van der Waals surface area contributed by atoms with Crippen LogP contribution in [0.5, 0.6) is 5.88 Å². The molecule has 0 aliphatic rings. The van der Waals surface area contributed by atoms with Gasteiger partial charge < -0.3 is 9.84 Å². The molecule has 0 unspecified atom stereocenters. The van der Waals surface area contributed by atoms with E-state index < -0.39 is 5.97 Å². The maximum Gasteiger partial charge on any atom is 0.339 e. The normalized spacial score (nSPS) is 10.5. The van der Waals surface area contributed by atoms with Crippen LogP contribution in [0.3, 0.4) is 0 Å². The molecule has 3 rings (SSSR count). The number of aromatic nitrogens is 4. The smallest absolute Gasteiger partial charge is 0.339 e. The Balaban J connectivity index is 2.14. The summed E-state index contributed by atoms with van der Waals surface area (Å²) in [4.78, 5) is 31.6. The summed E-state index contributed by atoms with van der Waals surface area (Å²) in [5.74, 6) is -0.786. The highest BCUT2D eigenvalue weighted by Crippen LogP contribution is 2.20. The molecule has 0 bridgehead atoms. The number of hydrogen-bond donors (Lipinski definition) is 2. The minimum absolute atomic E-state index is 0.0738. The van der Waals surface area contributed by atoms with Gasteiger partial charge in [-0.05, 0) is 17.7 Å². The van der Waals surface area contributed by atoms with Gasteiger partial charge in [0.25, 0.3) is 5.56 Å². The van der Waals surface area contributed by atoms with E-state index in [9.17, 15) is 14.7 Å². The third-order valence-electron chi connectivity index (χ3n) is 3.30. The average Bonchev–Trinajstić information content (AvgIpc) is 2.96. The third-order valence-corrected chi connectivity index (χ3v) is 3.30. The number of hydrogen-bond acceptors (Lipinski definition) is 5. The quantitative estimate of drug-likeness (QED) is 0.752. The maximum absolute atomic E-state index is 12.6. The van der Waals surface area contributed by atoms with E-state index in [0.29, 0.717) is 17.0 Å². The number of pyridine rings is 2. The highest BCUT2D eigenvalue weighted by Gasteiger charge is 2.16. The van der Waals surface area contributed by atoms with Gasteiger partial charge >= 0.3 is 5.97 Å². The van der Waals surface area contributed by atoms with E-state index in [4.69, 9.17) is 4.74 Å². The van der Waals surface area contributed by atoms with E-state index in [1.807, 2.05) is 0 Å². The molecular formula is C15H12N4O4. The fourth-order valence-corrected chi connectivity index (χ4v) is 2.19. The number of nitrogens with one attached hydrogen (secondary N) is 1. The van der Waals surface area contributed by atoms with E-state index in [0.717, 1.165) is 4.68 Å². The molecule has 3 aromatic heterocycles. The van der Waals surface area contributed by atoms with Crippen molar-refractivity contribution in [3.05, 3.63) is 58.9 Å². The van der Waals surface area contributed by atoms with Crippen LogP contribution < -0.4 is 10.3 Å². The molecule has 0 aliphatic carbocycles. The topological polar surface area (TPSA) is 110 Å². The van der Waals surface area contributed by atoms with Crippen LogP contribution in [0.15, 0.2) is 47.8 Å². The van der Waals surface area contributed by atoms with Crippen molar-refractivity contribution in [2.45, 2.75) is 0 Å². The molecule has 2 N–H and O–H groups in total. The molecule has 0 saturated heterocycles. The van der Waals surface area contributed by atoms with Crippen LogP contribution in [-0.2, 0) is 0 Å². The van der Waals surface area contributed by atoms with Gasteiger partial charge in [0.15, 0.2) is 0 Å². The Morgan fingerprint density at radius 2 is 2.17 bits per heavy atom. The predicted molar refractivity (Wildman–Crippen MR) is 80.9 cm³/mol. The minimum Gasteiger partial charge on any atom is -0.481 e. The van der Waals surface area contributed by atoms with E-state index in [1.165, 1.54) is 38.0 Å². The number of carboxylic acids is 1. The lowest BCUT2D eigenvalue weighted by Crippen LogP contribution is -2.18. The molecule has 0 aromatic carbocycles. The van der Waals surface area contributed by atoms with Crippen molar-refractivity contribution in [2.75, 3.05) is 7.11 Å². The summed E-state index contributed by atoms with van der Waals surface area (Å²) in [6.07, 6.45) is 5.65. The van der Waals surface area contributed by atoms with Crippen LogP contribution in [0.1, 0.15) is 10.4 Å². The van der Waals surface area contributed by atoms with Crippen molar-refractivity contribution >= 4 is 5.97 Å². The summed E-state index contributed by atoms with van der Waals surface area (Å²) in [5, 5.41) is 12.0. The Kier molecular flexibility index (Phi) is 3.63. The van der Waals surface area contributed by atoms with Gasteiger partial charge in [-0.2, -0.15) is 0 Å². The second-order valence-corrected chi connectivity index (χ2v) is 4.61. The molecule has 0 spiro atoms. The summed E-state index contributed by atoms with van der Waals surface area (Å²) < 4.78 is 6.20. The third kappa shape index (κ3) is 2.57. The molecule has 8 heteroatoms. The fourth-order valence-electron chi connectivity index (χ4n) is 2.19. The van der Waals surface area contributed by atoms with Crippen molar-refractivity contribution in [1.29, 1.82) is 0 Å². The SMILES string of the molecule is COc1cc(-c2c[nH]n(-c3ccncc3C(=O)O)c2=O)ccn1. The van der Waals surface area contributed by atoms with Crippen molar-refractivity contribution < 1.29 is 14.6 Å². The highest BCUT2D eigenvalue weighted by atomic mass is 16.5. The molecule has 0 saturated carbocycles. The Morgan fingerprint density at radius 3 is 2.91 bits per heavy atom. The Labute approximate surface area is 130 Å². The zero-order chi connectivity index (χ0) is 16.4. The lowest BCUT2D eigenvalue weighted by Gasteiger charge is -2.05. The second-order valence-electron chi connectivity index (χ2n) is 4.61. The summed E-state index contributed by atoms with van der Waals surface area (Å²) in [7, 11) is 1.48. The van der Waals surface area contributed by atoms with Crippen molar-refractivity contribution in [2.24, 2.45) is 0 Å². The monoisotopic (exact) mass is 312 g/mol. The zero-order valence-electron chi connectivity index (χ0n) is 12.1. The lowest BCUT2D eigenvalue weighted by molar-refractivity contribution is 0.0696. The molecule has 116 valence electrons. The van der Waals surface area contributed by atoms with Crippen molar-refractivity contribution in [3.63, 3.8) is 0 Å². The van der Waals surface area contributed by atoms with Crippen LogP contribution in [0.2, 0.25) is 0 Å². The molecular weight excluding hydrogens is 300 g/mol. The largest absolute Gasteiger partial charge is 0.481 e. The highest BCUT2D eigenvalue weighted by molar-refractivity contribution is 5.91. The van der Waals surface area contributed by atoms with E-state index in [1.54, 1.807) is 12.1 Å². The molecule has 23 heavy (non-hydrogen) atoms. The van der Waals surface area contributed by atoms with Gasteiger partial charge in [-0.25, -0.2) is 14.5 Å². The van der Waals surface area contributed by atoms with Crippen LogP contribution in [-0.4, -0.2) is 37.9 Å². The number of aromatic amines is 1. The Bertz CT molecular complexity index is 929. The van der Waals surface area contributed by atoms with E-state index >= 15 is 0 Å². The summed E-state index contributed by atoms with van der Waals surface area (Å²) in [6, 6.07) is 4.75. The van der Waals surface area contributed by atoms with Crippen LogP contribution >= 0.6 is 0 Å². The zero-order valence-corrected chi connectivity index (χ0v) is 12.1. The summed E-state index contributed by atoms with van der Waals surface area (Å²) in [5.41, 5.74) is 0.744. The molecule has 0 radical (unpaired) electrons. The van der Waals surface area contributed by atoms with Gasteiger partial charge in [-0.3, -0.25) is 14.9 Å².